The van der Waals surface area contributed by atoms with Crippen LogP contribution in [0.1, 0.15) is 21.5 Å². The second kappa shape index (κ2) is 6.75. The summed E-state index contributed by atoms with van der Waals surface area (Å²) in [5.41, 5.74) is 3.81. The summed E-state index contributed by atoms with van der Waals surface area (Å²) in [6.07, 6.45) is 3.16. The van der Waals surface area contributed by atoms with E-state index >= 15 is 0 Å². The Morgan fingerprint density at radius 3 is 2.57 bits per heavy atom. The van der Waals surface area contributed by atoms with Crippen LogP contribution in [0.2, 0.25) is 0 Å². The van der Waals surface area contributed by atoms with Crippen LogP contribution in [0.25, 0.3) is 0 Å². The number of hydrogen-bond acceptors (Lipinski definition) is 3. The number of anilines is 1. The molecule has 0 heterocycles. The van der Waals surface area contributed by atoms with Crippen LogP contribution in [0.15, 0.2) is 54.7 Å². The number of aryl methyl sites for hydroxylation is 2. The molecule has 0 bridgehead atoms. The molecule has 0 radical (unpaired) electrons. The molecule has 0 spiro atoms. The second-order valence-electron chi connectivity index (χ2n) is 4.84. The molecule has 0 aliphatic carbocycles. The van der Waals surface area contributed by atoms with Crippen LogP contribution in [0, 0.1) is 13.8 Å². The first kappa shape index (κ1) is 14.9. The van der Waals surface area contributed by atoms with Crippen molar-refractivity contribution in [2.75, 3.05) is 12.4 Å². The average Bonchev–Trinajstić information content (AvgIpc) is 2.50. The molecule has 0 aliphatic heterocycles. The van der Waals surface area contributed by atoms with Crippen LogP contribution in [0.5, 0.6) is 5.75 Å². The number of ether oxygens (including phenoxy) is 1. The van der Waals surface area contributed by atoms with Crippen molar-refractivity contribution in [2.24, 2.45) is 0 Å². The Labute approximate surface area is 125 Å². The Bertz CT molecular complexity index is 675. The molecule has 108 valence electrons. The molecule has 0 atom stereocenters. The van der Waals surface area contributed by atoms with Crippen LogP contribution < -0.4 is 10.1 Å². The summed E-state index contributed by atoms with van der Waals surface area (Å²) in [6, 6.07) is 13.3. The van der Waals surface area contributed by atoms with Crippen LogP contribution in [0.3, 0.4) is 0 Å². The topological polar surface area (TPSA) is 38.3 Å². The van der Waals surface area contributed by atoms with Crippen molar-refractivity contribution in [3.05, 3.63) is 71.4 Å². The van der Waals surface area contributed by atoms with Gasteiger partial charge in [-0.2, -0.15) is 0 Å². The number of para-hydroxylation sites is 2. The maximum Gasteiger partial charge on any atom is 0.187 e. The first-order chi connectivity index (χ1) is 10.1. The number of hydrogen-bond donors (Lipinski definition) is 1. The molecule has 2 aromatic rings. The van der Waals surface area contributed by atoms with Crippen LogP contribution in [-0.4, -0.2) is 12.9 Å². The van der Waals surface area contributed by atoms with Gasteiger partial charge in [0.1, 0.15) is 5.75 Å². The predicted octanol–water partition coefficient (Wildman–Crippen LogP) is 4.12. The van der Waals surface area contributed by atoms with Gasteiger partial charge < -0.3 is 10.1 Å². The van der Waals surface area contributed by atoms with Gasteiger partial charge >= 0.3 is 0 Å². The Balaban J connectivity index is 2.07. The zero-order valence-electron chi connectivity index (χ0n) is 12.5. The Morgan fingerprint density at radius 2 is 1.86 bits per heavy atom. The third-order valence-corrected chi connectivity index (χ3v) is 3.37. The van der Waals surface area contributed by atoms with E-state index in [2.05, 4.69) is 5.32 Å². The molecule has 21 heavy (non-hydrogen) atoms. The maximum absolute atomic E-state index is 12.1. The number of methoxy groups -OCH3 is 1. The van der Waals surface area contributed by atoms with Gasteiger partial charge in [0.15, 0.2) is 5.78 Å². The highest BCUT2D eigenvalue weighted by Gasteiger charge is 2.03. The Hall–Kier alpha value is -2.55. The number of allylic oxidation sites excluding steroid dienone is 1. The van der Waals surface area contributed by atoms with Gasteiger partial charge in [0.2, 0.25) is 0 Å². The van der Waals surface area contributed by atoms with Crippen molar-refractivity contribution >= 4 is 11.5 Å². The summed E-state index contributed by atoms with van der Waals surface area (Å²) in [5.74, 6) is 0.710. The Kier molecular flexibility index (Phi) is 4.77. The molecule has 0 fully saturated rings. The van der Waals surface area contributed by atoms with Gasteiger partial charge in [0.25, 0.3) is 0 Å². The van der Waals surface area contributed by atoms with Crippen molar-refractivity contribution in [1.29, 1.82) is 0 Å². The largest absolute Gasteiger partial charge is 0.495 e. The van der Waals surface area contributed by atoms with Gasteiger partial charge in [0, 0.05) is 17.8 Å². The van der Waals surface area contributed by atoms with Crippen LogP contribution in [0.4, 0.5) is 5.69 Å². The van der Waals surface area contributed by atoms with Crippen molar-refractivity contribution in [3.63, 3.8) is 0 Å². The van der Waals surface area contributed by atoms with E-state index in [0.29, 0.717) is 5.56 Å². The lowest BCUT2D eigenvalue weighted by Gasteiger charge is -2.07. The summed E-state index contributed by atoms with van der Waals surface area (Å²) in [6.45, 7) is 4.03. The number of carbonyl (C=O) groups excluding carboxylic acids is 1. The maximum atomic E-state index is 12.1. The second-order valence-corrected chi connectivity index (χ2v) is 4.84. The lowest BCUT2D eigenvalue weighted by atomic mass is 10.0. The summed E-state index contributed by atoms with van der Waals surface area (Å²) in [4.78, 5) is 12.1. The molecule has 0 saturated carbocycles. The van der Waals surface area contributed by atoms with E-state index < -0.39 is 0 Å². The zero-order chi connectivity index (χ0) is 15.2. The third kappa shape index (κ3) is 3.72. The molecular weight excluding hydrogens is 262 g/mol. The first-order valence-corrected chi connectivity index (χ1v) is 6.79. The minimum atomic E-state index is -0.0273. The van der Waals surface area contributed by atoms with Gasteiger partial charge in [-0.1, -0.05) is 24.3 Å². The normalized spacial score (nSPS) is 10.6. The van der Waals surface area contributed by atoms with E-state index in [0.717, 1.165) is 17.0 Å². The van der Waals surface area contributed by atoms with Gasteiger partial charge in [0.05, 0.1) is 12.8 Å². The van der Waals surface area contributed by atoms with E-state index in [1.54, 1.807) is 13.3 Å². The molecule has 0 unspecified atom stereocenters. The molecule has 0 aliphatic rings. The van der Waals surface area contributed by atoms with E-state index in [9.17, 15) is 4.79 Å². The highest BCUT2D eigenvalue weighted by Crippen LogP contribution is 2.22. The lowest BCUT2D eigenvalue weighted by molar-refractivity contribution is 0.104. The average molecular weight is 281 g/mol. The molecule has 3 nitrogen and oxygen atoms in total. The van der Waals surface area contributed by atoms with E-state index in [-0.39, 0.29) is 5.78 Å². The number of ketones is 1. The number of carbonyl (C=O) groups is 1. The number of nitrogens with one attached hydrogen (secondary N) is 1. The number of rotatable bonds is 5. The first-order valence-electron chi connectivity index (χ1n) is 6.79. The van der Waals surface area contributed by atoms with E-state index in [4.69, 9.17) is 4.74 Å². The Morgan fingerprint density at radius 1 is 1.10 bits per heavy atom. The predicted molar refractivity (Wildman–Crippen MR) is 86.0 cm³/mol. The van der Waals surface area contributed by atoms with Gasteiger partial charge in [-0.15, -0.1) is 0 Å². The van der Waals surface area contributed by atoms with Gasteiger partial charge in [-0.05, 0) is 43.2 Å². The van der Waals surface area contributed by atoms with Crippen molar-refractivity contribution < 1.29 is 9.53 Å². The molecule has 0 aromatic heterocycles. The summed E-state index contributed by atoms with van der Waals surface area (Å²) < 4.78 is 5.24. The summed E-state index contributed by atoms with van der Waals surface area (Å²) >= 11 is 0. The fourth-order valence-electron chi connectivity index (χ4n) is 1.96. The molecule has 0 saturated heterocycles. The van der Waals surface area contributed by atoms with Gasteiger partial charge in [-0.3, -0.25) is 4.79 Å². The van der Waals surface area contributed by atoms with Crippen molar-refractivity contribution in [1.82, 2.24) is 0 Å². The third-order valence-electron chi connectivity index (χ3n) is 3.37. The highest BCUT2D eigenvalue weighted by atomic mass is 16.5. The van der Waals surface area contributed by atoms with Gasteiger partial charge in [-0.25, -0.2) is 0 Å². The quantitative estimate of drug-likeness (QED) is 0.662. The standard InChI is InChI=1S/C18H19NO2/c1-13-8-9-15(12-14(13)2)17(20)10-11-19-16-6-4-5-7-18(16)21-3/h4-12,19H,1-3H3. The fourth-order valence-corrected chi connectivity index (χ4v) is 1.96. The van der Waals surface area contributed by atoms with Crippen LogP contribution in [-0.2, 0) is 0 Å². The molecule has 2 rings (SSSR count). The molecular formula is C18H19NO2. The smallest absolute Gasteiger partial charge is 0.187 e. The summed E-state index contributed by atoms with van der Waals surface area (Å²) in [7, 11) is 1.62. The minimum Gasteiger partial charge on any atom is -0.495 e. The SMILES string of the molecule is COc1ccccc1NC=CC(=O)c1ccc(C)c(C)c1. The van der Waals surface area contributed by atoms with Crippen molar-refractivity contribution in [3.8, 4) is 5.75 Å². The zero-order valence-corrected chi connectivity index (χ0v) is 12.5. The molecule has 3 heteroatoms. The van der Waals surface area contributed by atoms with Crippen molar-refractivity contribution in [2.45, 2.75) is 13.8 Å². The highest BCUT2D eigenvalue weighted by molar-refractivity contribution is 6.04. The van der Waals surface area contributed by atoms with E-state index in [1.807, 2.05) is 56.3 Å². The molecule has 2 aromatic carbocycles. The minimum absolute atomic E-state index is 0.0273. The summed E-state index contributed by atoms with van der Waals surface area (Å²) in [5, 5.41) is 3.06. The monoisotopic (exact) mass is 281 g/mol. The van der Waals surface area contributed by atoms with Crippen LogP contribution >= 0.6 is 0 Å². The lowest BCUT2D eigenvalue weighted by Crippen LogP contribution is -1.98. The van der Waals surface area contributed by atoms with E-state index in [1.165, 1.54) is 11.6 Å². The number of benzene rings is 2. The molecule has 0 amide bonds. The molecule has 1 N–H and O–H groups in total. The fraction of sp³-hybridized carbons (Fsp3) is 0.167.